The molecule has 0 saturated carbocycles. The van der Waals surface area contributed by atoms with Crippen molar-refractivity contribution in [3.8, 4) is 23.0 Å². The van der Waals surface area contributed by atoms with Crippen molar-refractivity contribution >= 4 is 29.0 Å². The van der Waals surface area contributed by atoms with Crippen LogP contribution in [0, 0.1) is 11.8 Å². The molecule has 2 aromatic heterocycles. The first-order valence-corrected chi connectivity index (χ1v) is 14.3. The van der Waals surface area contributed by atoms with E-state index in [2.05, 4.69) is 31.7 Å². The summed E-state index contributed by atoms with van der Waals surface area (Å²) < 4.78 is 32.2. The lowest BCUT2D eigenvalue weighted by atomic mass is 9.93. The number of rotatable bonds is 3. The number of benzene rings is 2. The lowest BCUT2D eigenvalue weighted by molar-refractivity contribution is 0.0495. The number of nitrogens with zero attached hydrogens (tertiary/aromatic N) is 6. The van der Waals surface area contributed by atoms with E-state index in [0.29, 0.717) is 47.9 Å². The van der Waals surface area contributed by atoms with Crippen molar-refractivity contribution in [1.82, 2.24) is 29.7 Å². The zero-order valence-electron chi connectivity index (χ0n) is 27.4. The second kappa shape index (κ2) is 9.83. The number of anilines is 1. The van der Waals surface area contributed by atoms with Crippen LogP contribution in [0.5, 0.6) is 0 Å². The minimum atomic E-state index is -2.65. The number of alkyl carbamates (subject to hydrolysis) is 1. The molecule has 1 fully saturated rings. The standard InChI is InChI=1S/C33H33N7O3/c1-6-8-19-9-7-10-23-28(19)26-14-27(38(5)30(23)41)29-37-24-12-11-20(13-25(24)40(26)29)21-15-34-31(35-16-21)39-17-22(18-39)36-32(42)43-33(2,3)4/h7,9-13,15-16,22,26-27H,14,17-18H2,1-5H3,(H,36,42)/t26-,27-/m1/s1/i5D3. The molecule has 5 heterocycles. The Labute approximate surface area is 254 Å². The van der Waals surface area contributed by atoms with Crippen LogP contribution in [-0.4, -0.2) is 68.1 Å². The first-order chi connectivity index (χ1) is 21.8. The minimum absolute atomic E-state index is 0.0430. The number of ether oxygens (including phenoxy) is 1. The van der Waals surface area contributed by atoms with Gasteiger partial charge in [-0.3, -0.25) is 4.79 Å². The van der Waals surface area contributed by atoms with Crippen LogP contribution in [0.2, 0.25) is 0 Å². The Hall–Kier alpha value is -4.91. The maximum absolute atomic E-state index is 13.7. The fourth-order valence-electron chi connectivity index (χ4n) is 6.21. The van der Waals surface area contributed by atoms with Gasteiger partial charge in [0, 0.05) is 65.2 Å². The van der Waals surface area contributed by atoms with Gasteiger partial charge in [-0.15, -0.1) is 5.92 Å². The van der Waals surface area contributed by atoms with E-state index in [1.165, 1.54) is 0 Å². The van der Waals surface area contributed by atoms with Crippen LogP contribution in [0.25, 0.3) is 22.2 Å². The first kappa shape index (κ1) is 23.6. The Bertz CT molecular complexity index is 1950. The van der Waals surface area contributed by atoms with Gasteiger partial charge in [-0.05, 0) is 57.5 Å². The van der Waals surface area contributed by atoms with Gasteiger partial charge in [0.2, 0.25) is 5.95 Å². The molecule has 3 aliphatic rings. The number of aromatic nitrogens is 4. The van der Waals surface area contributed by atoms with Gasteiger partial charge in [0.25, 0.3) is 5.91 Å². The van der Waals surface area contributed by atoms with Crippen molar-refractivity contribution in [3.63, 3.8) is 0 Å². The van der Waals surface area contributed by atoms with Crippen molar-refractivity contribution in [3.05, 3.63) is 71.3 Å². The quantitative estimate of drug-likeness (QED) is 0.352. The third-order valence-electron chi connectivity index (χ3n) is 8.09. The average molecular weight is 579 g/mol. The monoisotopic (exact) mass is 578 g/mol. The minimum Gasteiger partial charge on any atom is -0.444 e. The topological polar surface area (TPSA) is 105 Å². The number of hydrogen-bond donors (Lipinski definition) is 1. The molecule has 2 bridgehead atoms. The lowest BCUT2D eigenvalue weighted by Gasteiger charge is -2.39. The van der Waals surface area contributed by atoms with Crippen molar-refractivity contribution in [2.45, 2.75) is 57.8 Å². The van der Waals surface area contributed by atoms with E-state index >= 15 is 0 Å². The summed E-state index contributed by atoms with van der Waals surface area (Å²) >= 11 is 0. The summed E-state index contributed by atoms with van der Waals surface area (Å²) in [5.74, 6) is 6.65. The fourth-order valence-corrected chi connectivity index (χ4v) is 6.21. The van der Waals surface area contributed by atoms with Crippen LogP contribution in [0.4, 0.5) is 10.7 Å². The fraction of sp³-hybridized carbons (Fsp3) is 0.364. The van der Waals surface area contributed by atoms with Gasteiger partial charge in [0.15, 0.2) is 0 Å². The van der Waals surface area contributed by atoms with Gasteiger partial charge in [-0.25, -0.2) is 19.7 Å². The number of carbonyl (C=O) groups excluding carboxylic acids is 2. The Balaban J connectivity index is 1.20. The van der Waals surface area contributed by atoms with Crippen molar-refractivity contribution in [1.29, 1.82) is 0 Å². The number of amides is 2. The summed E-state index contributed by atoms with van der Waals surface area (Å²) in [6, 6.07) is 10.1. The molecule has 10 nitrogen and oxygen atoms in total. The maximum Gasteiger partial charge on any atom is 0.407 e. The largest absolute Gasteiger partial charge is 0.444 e. The van der Waals surface area contributed by atoms with E-state index in [1.54, 1.807) is 31.5 Å². The second-order valence-corrected chi connectivity index (χ2v) is 12.1. The molecule has 218 valence electrons. The van der Waals surface area contributed by atoms with Crippen molar-refractivity contribution < 1.29 is 18.4 Å². The number of hydrogen-bond acceptors (Lipinski definition) is 7. The Morgan fingerprint density at radius 1 is 1.12 bits per heavy atom. The summed E-state index contributed by atoms with van der Waals surface area (Å²) in [5.41, 5.74) is 4.44. The van der Waals surface area contributed by atoms with Crippen LogP contribution >= 0.6 is 0 Å². The van der Waals surface area contributed by atoms with Crippen LogP contribution in [0.3, 0.4) is 0 Å². The lowest BCUT2D eigenvalue weighted by Crippen LogP contribution is -2.60. The van der Waals surface area contributed by atoms with Gasteiger partial charge < -0.3 is 24.4 Å². The van der Waals surface area contributed by atoms with E-state index in [4.69, 9.17) is 13.8 Å². The molecule has 2 atom stereocenters. The van der Waals surface area contributed by atoms with Crippen molar-refractivity contribution in [2.75, 3.05) is 25.0 Å². The molecule has 2 amide bonds. The van der Waals surface area contributed by atoms with Gasteiger partial charge in [0.05, 0.1) is 29.2 Å². The van der Waals surface area contributed by atoms with Crippen LogP contribution in [0.1, 0.15) is 77.6 Å². The molecule has 4 aromatic rings. The average Bonchev–Trinajstić information content (AvgIpc) is 3.46. The molecule has 10 heteroatoms. The predicted octanol–water partition coefficient (Wildman–Crippen LogP) is 4.70. The summed E-state index contributed by atoms with van der Waals surface area (Å²) in [6.45, 7) is 5.73. The van der Waals surface area contributed by atoms with Gasteiger partial charge >= 0.3 is 6.09 Å². The molecule has 0 spiro atoms. The van der Waals surface area contributed by atoms with E-state index in [-0.39, 0.29) is 12.1 Å². The molecule has 7 rings (SSSR count). The molecule has 0 radical (unpaired) electrons. The Morgan fingerprint density at radius 2 is 1.91 bits per heavy atom. The zero-order valence-corrected chi connectivity index (χ0v) is 24.4. The summed E-state index contributed by atoms with van der Waals surface area (Å²) in [6.07, 6.45) is 3.48. The van der Waals surface area contributed by atoms with E-state index in [9.17, 15) is 9.59 Å². The van der Waals surface area contributed by atoms with Gasteiger partial charge in [-0.1, -0.05) is 18.1 Å². The van der Waals surface area contributed by atoms with Gasteiger partial charge in [0.1, 0.15) is 11.4 Å². The predicted molar refractivity (Wildman–Crippen MR) is 163 cm³/mol. The number of nitrogens with one attached hydrogen (secondary N) is 1. The van der Waals surface area contributed by atoms with Crippen molar-refractivity contribution in [2.24, 2.45) is 0 Å². The summed E-state index contributed by atoms with van der Waals surface area (Å²) in [4.78, 5) is 42.9. The van der Waals surface area contributed by atoms with Crippen LogP contribution in [-0.2, 0) is 4.74 Å². The number of fused-ring (bicyclic) bond motifs is 9. The highest BCUT2D eigenvalue weighted by atomic mass is 16.6. The molecular formula is C33H33N7O3. The normalized spacial score (nSPS) is 20.6. The van der Waals surface area contributed by atoms with Crippen LogP contribution < -0.4 is 10.2 Å². The molecular weight excluding hydrogens is 542 g/mol. The molecule has 0 aliphatic carbocycles. The smallest absolute Gasteiger partial charge is 0.407 e. The SMILES string of the molecule is [2H]C([2H])([2H])N1C(=O)c2cccc(C#CC)c2[C@H]2C[C@@H]1c1nc3ccc(-c4cnc(N5CC(NC(=O)OC(C)(C)C)C5)nc4)cc3n12. The van der Waals surface area contributed by atoms with Crippen LogP contribution in [0.15, 0.2) is 48.8 Å². The molecule has 0 unspecified atom stereocenters. The van der Waals surface area contributed by atoms with E-state index in [0.717, 1.165) is 27.1 Å². The van der Waals surface area contributed by atoms with E-state index in [1.807, 2.05) is 49.9 Å². The number of imidazole rings is 1. The number of carbonyl (C=O) groups is 2. The summed E-state index contributed by atoms with van der Waals surface area (Å²) in [5, 5.41) is 2.87. The first-order valence-electron chi connectivity index (χ1n) is 15.8. The molecule has 1 saturated heterocycles. The highest BCUT2D eigenvalue weighted by molar-refractivity contribution is 5.98. The Morgan fingerprint density at radius 3 is 2.63 bits per heavy atom. The third kappa shape index (κ3) is 4.56. The summed E-state index contributed by atoms with van der Waals surface area (Å²) in [7, 11) is 0. The molecule has 1 N–H and O–H groups in total. The maximum atomic E-state index is 13.7. The molecule has 3 aliphatic heterocycles. The third-order valence-corrected chi connectivity index (χ3v) is 8.09. The highest BCUT2D eigenvalue weighted by Gasteiger charge is 2.44. The van der Waals surface area contributed by atoms with E-state index < -0.39 is 30.6 Å². The highest BCUT2D eigenvalue weighted by Crippen LogP contribution is 2.48. The zero-order chi connectivity index (χ0) is 32.5. The molecule has 43 heavy (non-hydrogen) atoms. The Kier molecular flexibility index (Phi) is 5.40. The second-order valence-electron chi connectivity index (χ2n) is 12.1. The molecule has 2 aromatic carbocycles. The van der Waals surface area contributed by atoms with Gasteiger partial charge in [-0.2, -0.15) is 0 Å².